The van der Waals surface area contributed by atoms with E-state index in [1.165, 1.54) is 17.1 Å². The van der Waals surface area contributed by atoms with E-state index in [9.17, 15) is 4.39 Å². The normalized spacial score (nSPS) is 10.9. The predicted octanol–water partition coefficient (Wildman–Crippen LogP) is 4.33. The summed E-state index contributed by atoms with van der Waals surface area (Å²) >= 11 is 1.57. The summed E-state index contributed by atoms with van der Waals surface area (Å²) < 4.78 is 21.0. The van der Waals surface area contributed by atoms with Crippen molar-refractivity contribution in [3.8, 4) is 27.8 Å². The molecule has 0 amide bonds. The summed E-state index contributed by atoms with van der Waals surface area (Å²) in [6.45, 7) is 3.65. The van der Waals surface area contributed by atoms with Crippen LogP contribution in [0.2, 0.25) is 0 Å². The van der Waals surface area contributed by atoms with Crippen molar-refractivity contribution in [3.05, 3.63) is 65.2 Å². The zero-order chi connectivity index (χ0) is 18.1. The van der Waals surface area contributed by atoms with Gasteiger partial charge in [0.15, 0.2) is 5.75 Å². The molecule has 0 aliphatic heterocycles. The van der Waals surface area contributed by atoms with E-state index in [-0.39, 0.29) is 5.82 Å². The molecule has 0 saturated heterocycles. The van der Waals surface area contributed by atoms with E-state index in [4.69, 9.17) is 4.74 Å². The maximum absolute atomic E-state index is 13.5. The Hall–Kier alpha value is -3.13. The fraction of sp³-hybridized carbons (Fsp3) is 0.111. The van der Waals surface area contributed by atoms with Crippen molar-refractivity contribution in [1.29, 1.82) is 0 Å². The highest BCUT2D eigenvalue weighted by Gasteiger charge is 2.13. The molecule has 0 atom stereocenters. The third kappa shape index (κ3) is 3.18. The largest absolute Gasteiger partial charge is 0.455 e. The maximum Gasteiger partial charge on any atom is 0.153 e. The van der Waals surface area contributed by atoms with Gasteiger partial charge in [0.1, 0.15) is 28.6 Å². The molecule has 2 aromatic heterocycles. The van der Waals surface area contributed by atoms with E-state index >= 15 is 0 Å². The molecular weight excluding hydrogens is 353 g/mol. The molecule has 0 saturated carbocycles. The molecule has 0 unspecified atom stereocenters. The van der Waals surface area contributed by atoms with Crippen molar-refractivity contribution in [1.82, 2.24) is 25.2 Å². The molecule has 4 aromatic rings. The molecule has 2 heterocycles. The highest BCUT2D eigenvalue weighted by Crippen LogP contribution is 2.33. The Bertz CT molecular complexity index is 1060. The van der Waals surface area contributed by atoms with Gasteiger partial charge in [0, 0.05) is 16.6 Å². The van der Waals surface area contributed by atoms with E-state index in [1.54, 1.807) is 30.4 Å². The van der Waals surface area contributed by atoms with Crippen molar-refractivity contribution in [2.45, 2.75) is 13.8 Å². The van der Waals surface area contributed by atoms with Crippen LogP contribution in [0.1, 0.15) is 11.3 Å². The van der Waals surface area contributed by atoms with Crippen LogP contribution in [0.25, 0.3) is 16.3 Å². The molecule has 0 spiro atoms. The third-order valence-electron chi connectivity index (χ3n) is 3.78. The first-order valence-corrected chi connectivity index (χ1v) is 8.72. The summed E-state index contributed by atoms with van der Waals surface area (Å²) in [5, 5.41) is 14.2. The third-order valence-corrected chi connectivity index (χ3v) is 4.79. The Morgan fingerprint density at radius 1 is 1.12 bits per heavy atom. The number of hydrogen-bond acceptors (Lipinski definition) is 6. The number of nitrogens with zero attached hydrogens (tertiary/aromatic N) is 5. The first-order valence-electron chi connectivity index (χ1n) is 7.84. The number of aromatic nitrogens is 5. The van der Waals surface area contributed by atoms with Crippen LogP contribution in [-0.4, -0.2) is 25.2 Å². The van der Waals surface area contributed by atoms with Crippen LogP contribution in [0.5, 0.6) is 11.5 Å². The molecule has 130 valence electrons. The number of aryl methyl sites for hydroxylation is 2. The molecule has 8 heteroatoms. The Balaban J connectivity index is 1.77. The van der Waals surface area contributed by atoms with E-state index in [2.05, 4.69) is 20.5 Å². The van der Waals surface area contributed by atoms with Crippen LogP contribution in [0, 0.1) is 19.7 Å². The zero-order valence-electron chi connectivity index (χ0n) is 14.0. The Labute approximate surface area is 152 Å². The molecule has 0 radical (unpaired) electrons. The predicted molar refractivity (Wildman–Crippen MR) is 96.2 cm³/mol. The average molecular weight is 367 g/mol. The van der Waals surface area contributed by atoms with Gasteiger partial charge in [0.05, 0.1) is 0 Å². The molecule has 26 heavy (non-hydrogen) atoms. The van der Waals surface area contributed by atoms with Gasteiger partial charge in [0.2, 0.25) is 0 Å². The van der Waals surface area contributed by atoms with Gasteiger partial charge in [-0.1, -0.05) is 0 Å². The zero-order valence-corrected chi connectivity index (χ0v) is 14.9. The van der Waals surface area contributed by atoms with Crippen molar-refractivity contribution in [2.75, 3.05) is 0 Å². The fourth-order valence-electron chi connectivity index (χ4n) is 2.48. The number of benzene rings is 2. The van der Waals surface area contributed by atoms with Crippen LogP contribution in [0.3, 0.4) is 0 Å². The second-order valence-corrected chi connectivity index (χ2v) is 6.60. The number of thiazole rings is 1. The van der Waals surface area contributed by atoms with Gasteiger partial charge in [-0.3, -0.25) is 0 Å². The van der Waals surface area contributed by atoms with Gasteiger partial charge >= 0.3 is 0 Å². The number of rotatable bonds is 4. The smallest absolute Gasteiger partial charge is 0.153 e. The van der Waals surface area contributed by atoms with Crippen molar-refractivity contribution in [2.24, 2.45) is 0 Å². The van der Waals surface area contributed by atoms with Crippen LogP contribution < -0.4 is 4.74 Å². The van der Waals surface area contributed by atoms with E-state index in [0.717, 1.165) is 16.3 Å². The van der Waals surface area contributed by atoms with Gasteiger partial charge in [-0.15, -0.1) is 16.4 Å². The van der Waals surface area contributed by atoms with E-state index < -0.39 is 0 Å². The lowest BCUT2D eigenvalue weighted by Gasteiger charge is -2.12. The molecular formula is C18H14FN5OS. The van der Waals surface area contributed by atoms with Crippen molar-refractivity contribution >= 4 is 11.3 Å². The van der Waals surface area contributed by atoms with Crippen LogP contribution in [0.4, 0.5) is 4.39 Å². The summed E-state index contributed by atoms with van der Waals surface area (Å²) in [5.41, 5.74) is 3.09. The fourth-order valence-corrected chi connectivity index (χ4v) is 3.28. The number of tetrazole rings is 1. The second kappa shape index (κ2) is 6.64. The lowest BCUT2D eigenvalue weighted by atomic mass is 10.2. The lowest BCUT2D eigenvalue weighted by Crippen LogP contribution is -2.00. The highest BCUT2D eigenvalue weighted by molar-refractivity contribution is 7.13. The molecule has 0 aliphatic rings. The van der Waals surface area contributed by atoms with E-state index in [0.29, 0.717) is 22.7 Å². The first-order chi connectivity index (χ1) is 12.6. The van der Waals surface area contributed by atoms with Crippen molar-refractivity contribution in [3.63, 3.8) is 0 Å². The van der Waals surface area contributed by atoms with Gasteiger partial charge in [-0.05, 0) is 66.2 Å². The molecule has 6 nitrogen and oxygen atoms in total. The Morgan fingerprint density at radius 3 is 2.69 bits per heavy atom. The molecule has 0 N–H and O–H groups in total. The summed E-state index contributed by atoms with van der Waals surface area (Å²) in [4.78, 5) is 4.51. The number of halogens is 1. The van der Waals surface area contributed by atoms with Crippen molar-refractivity contribution < 1.29 is 9.13 Å². The second-order valence-electron chi connectivity index (χ2n) is 5.74. The number of ether oxygens (including phenoxy) is 1. The SMILES string of the molecule is Cc1csc(-c2ccc(Oc3ccc(F)c(C)c3)c(-n3cnnn3)c2)n1. The van der Waals surface area contributed by atoms with E-state index in [1.807, 2.05) is 30.5 Å². The summed E-state index contributed by atoms with van der Waals surface area (Å²) in [7, 11) is 0. The van der Waals surface area contributed by atoms with Crippen LogP contribution in [0.15, 0.2) is 48.1 Å². The maximum atomic E-state index is 13.5. The minimum Gasteiger partial charge on any atom is -0.455 e. The minimum absolute atomic E-state index is 0.271. The number of hydrogen-bond donors (Lipinski definition) is 0. The summed E-state index contributed by atoms with van der Waals surface area (Å²) in [6, 6.07) is 10.3. The first kappa shape index (κ1) is 16.3. The minimum atomic E-state index is -0.271. The average Bonchev–Trinajstić information content (AvgIpc) is 3.30. The monoisotopic (exact) mass is 367 g/mol. The summed E-state index contributed by atoms with van der Waals surface area (Å²) in [5.74, 6) is 0.823. The molecule has 2 aromatic carbocycles. The molecule has 0 fully saturated rings. The Kier molecular flexibility index (Phi) is 4.18. The standard InChI is InChI=1S/C18H14FN5OS/c1-11-7-14(4-5-15(11)19)25-17-6-3-13(18-21-12(2)9-26-18)8-16(17)24-10-20-22-23-24/h3-10H,1-2H3. The lowest BCUT2D eigenvalue weighted by molar-refractivity contribution is 0.475. The van der Waals surface area contributed by atoms with Gasteiger partial charge in [-0.2, -0.15) is 4.68 Å². The molecule has 4 rings (SSSR count). The highest BCUT2D eigenvalue weighted by atomic mass is 32.1. The Morgan fingerprint density at radius 2 is 2.00 bits per heavy atom. The van der Waals surface area contributed by atoms with Crippen LogP contribution >= 0.6 is 11.3 Å². The van der Waals surface area contributed by atoms with Crippen LogP contribution in [-0.2, 0) is 0 Å². The quantitative estimate of drug-likeness (QED) is 0.537. The van der Waals surface area contributed by atoms with Gasteiger partial charge in [-0.25, -0.2) is 9.37 Å². The van der Waals surface area contributed by atoms with Gasteiger partial charge < -0.3 is 4.74 Å². The van der Waals surface area contributed by atoms with Gasteiger partial charge in [0.25, 0.3) is 0 Å². The molecule has 0 bridgehead atoms. The molecule has 0 aliphatic carbocycles. The summed E-state index contributed by atoms with van der Waals surface area (Å²) in [6.07, 6.45) is 1.50. The topological polar surface area (TPSA) is 65.7 Å².